The Labute approximate surface area is 121 Å². The molecule has 0 aromatic carbocycles. The van der Waals surface area contributed by atoms with Crippen molar-refractivity contribution < 1.29 is 0 Å². The summed E-state index contributed by atoms with van der Waals surface area (Å²) in [7, 11) is 0. The van der Waals surface area contributed by atoms with E-state index in [1.165, 1.54) is 42.1 Å². The van der Waals surface area contributed by atoms with Gasteiger partial charge in [0.05, 0.1) is 5.69 Å². The first kappa shape index (κ1) is 14.9. The number of hydrogen-bond acceptors (Lipinski definition) is 3. The van der Waals surface area contributed by atoms with Gasteiger partial charge in [0.1, 0.15) is 0 Å². The quantitative estimate of drug-likeness (QED) is 0.799. The fourth-order valence-corrected chi connectivity index (χ4v) is 3.84. The number of aromatic nitrogens is 2. The first-order chi connectivity index (χ1) is 9.17. The molecule has 0 spiro atoms. The Hall–Kier alpha value is -0.480. The summed E-state index contributed by atoms with van der Waals surface area (Å²) in [6.45, 7) is 9.99. The van der Waals surface area contributed by atoms with Crippen LogP contribution in [0.3, 0.4) is 0 Å². The predicted octanol–water partition coefficient (Wildman–Crippen LogP) is 3.24. The van der Waals surface area contributed by atoms with Gasteiger partial charge in [0.25, 0.3) is 0 Å². The van der Waals surface area contributed by atoms with Crippen molar-refractivity contribution >= 4 is 11.8 Å². The molecule has 0 saturated carbocycles. The fourth-order valence-electron chi connectivity index (χ4n) is 3.08. The molecule has 1 atom stereocenters. The minimum Gasteiger partial charge on any atom is -0.295 e. The topological polar surface area (TPSA) is 21.1 Å². The molecule has 0 amide bonds. The molecule has 108 valence electrons. The highest BCUT2D eigenvalue weighted by molar-refractivity contribution is 7.98. The van der Waals surface area contributed by atoms with Crippen molar-refractivity contribution in [3.05, 3.63) is 17.0 Å². The van der Waals surface area contributed by atoms with Gasteiger partial charge in [-0.3, -0.25) is 9.58 Å². The summed E-state index contributed by atoms with van der Waals surface area (Å²) in [6, 6.07) is 0.767. The van der Waals surface area contributed by atoms with E-state index >= 15 is 0 Å². The summed E-state index contributed by atoms with van der Waals surface area (Å²) < 4.78 is 2.18. The first-order valence-electron chi connectivity index (χ1n) is 7.43. The van der Waals surface area contributed by atoms with Gasteiger partial charge in [-0.15, -0.1) is 0 Å². The van der Waals surface area contributed by atoms with E-state index in [9.17, 15) is 0 Å². The van der Waals surface area contributed by atoms with Crippen LogP contribution in [0.25, 0.3) is 0 Å². The van der Waals surface area contributed by atoms with Crippen LogP contribution in [0.2, 0.25) is 0 Å². The molecule has 1 aromatic heterocycles. The van der Waals surface area contributed by atoms with Gasteiger partial charge in [-0.05, 0) is 45.9 Å². The Bertz CT molecular complexity index is 414. The van der Waals surface area contributed by atoms with E-state index in [4.69, 9.17) is 5.10 Å². The second-order valence-electron chi connectivity index (χ2n) is 5.59. The van der Waals surface area contributed by atoms with Gasteiger partial charge >= 0.3 is 0 Å². The molecule has 2 rings (SSSR count). The van der Waals surface area contributed by atoms with Crippen molar-refractivity contribution in [3.63, 3.8) is 0 Å². The third kappa shape index (κ3) is 3.34. The van der Waals surface area contributed by atoms with Crippen molar-refractivity contribution in [1.82, 2.24) is 14.7 Å². The fraction of sp³-hybridized carbons (Fsp3) is 0.800. The maximum atomic E-state index is 4.70. The number of likely N-dealkylation sites (tertiary alicyclic amines) is 1. The van der Waals surface area contributed by atoms with Crippen molar-refractivity contribution in [2.24, 2.45) is 0 Å². The van der Waals surface area contributed by atoms with Crippen molar-refractivity contribution in [2.45, 2.75) is 59.2 Å². The number of aryl methyl sites for hydroxylation is 2. The molecule has 2 heterocycles. The average Bonchev–Trinajstić information content (AvgIpc) is 2.91. The van der Waals surface area contributed by atoms with E-state index in [1.807, 2.05) is 11.8 Å². The number of rotatable bonds is 6. The molecule has 1 saturated heterocycles. The SMILES string of the molecule is CCCn1nc(C)c(CN2CCC[C@H]2CSC)c1C. The zero-order chi connectivity index (χ0) is 13.8. The van der Waals surface area contributed by atoms with E-state index in [1.54, 1.807) is 0 Å². The molecule has 1 fully saturated rings. The maximum Gasteiger partial charge on any atom is 0.0641 e. The van der Waals surface area contributed by atoms with Crippen LogP contribution < -0.4 is 0 Å². The van der Waals surface area contributed by atoms with Crippen molar-refractivity contribution in [2.75, 3.05) is 18.6 Å². The van der Waals surface area contributed by atoms with Gasteiger partial charge in [-0.1, -0.05) is 6.92 Å². The molecule has 1 aliphatic rings. The second-order valence-corrected chi connectivity index (χ2v) is 6.51. The molecular formula is C15H27N3S. The van der Waals surface area contributed by atoms with Gasteiger partial charge < -0.3 is 0 Å². The Balaban J connectivity index is 2.10. The monoisotopic (exact) mass is 281 g/mol. The summed E-state index contributed by atoms with van der Waals surface area (Å²) in [6.07, 6.45) is 6.08. The molecule has 4 heteroatoms. The van der Waals surface area contributed by atoms with Gasteiger partial charge in [0.15, 0.2) is 0 Å². The molecule has 1 aliphatic heterocycles. The van der Waals surface area contributed by atoms with E-state index < -0.39 is 0 Å². The lowest BCUT2D eigenvalue weighted by atomic mass is 10.1. The minimum absolute atomic E-state index is 0.767. The summed E-state index contributed by atoms with van der Waals surface area (Å²) >= 11 is 1.97. The lowest BCUT2D eigenvalue weighted by molar-refractivity contribution is 0.263. The standard InChI is InChI=1S/C15H27N3S/c1-5-8-18-13(3)15(12(2)16-18)10-17-9-6-7-14(17)11-19-4/h14H,5-11H2,1-4H3/t14-/m0/s1. The Kier molecular flexibility index (Phi) is 5.34. The molecule has 0 radical (unpaired) electrons. The average molecular weight is 281 g/mol. The summed E-state index contributed by atoms with van der Waals surface area (Å²) in [5, 5.41) is 4.70. The largest absolute Gasteiger partial charge is 0.295 e. The highest BCUT2D eigenvalue weighted by atomic mass is 32.2. The number of hydrogen-bond donors (Lipinski definition) is 0. The zero-order valence-corrected chi connectivity index (χ0v) is 13.6. The first-order valence-corrected chi connectivity index (χ1v) is 8.82. The molecule has 3 nitrogen and oxygen atoms in total. The third-order valence-corrected chi connectivity index (χ3v) is 4.90. The summed E-state index contributed by atoms with van der Waals surface area (Å²) in [5.41, 5.74) is 4.05. The zero-order valence-electron chi connectivity index (χ0n) is 12.8. The van der Waals surface area contributed by atoms with E-state index in [0.29, 0.717) is 0 Å². The molecule has 19 heavy (non-hydrogen) atoms. The second kappa shape index (κ2) is 6.80. The summed E-state index contributed by atoms with van der Waals surface area (Å²) in [5.74, 6) is 1.27. The normalized spacial score (nSPS) is 20.3. The molecular weight excluding hydrogens is 254 g/mol. The smallest absolute Gasteiger partial charge is 0.0641 e. The van der Waals surface area contributed by atoms with Crippen LogP contribution in [0.15, 0.2) is 0 Å². The molecule has 0 N–H and O–H groups in total. The van der Waals surface area contributed by atoms with Gasteiger partial charge in [-0.25, -0.2) is 0 Å². The van der Waals surface area contributed by atoms with E-state index in [-0.39, 0.29) is 0 Å². The van der Waals surface area contributed by atoms with Crippen LogP contribution in [0, 0.1) is 13.8 Å². The molecule has 1 aromatic rings. The molecule has 0 bridgehead atoms. The lowest BCUT2D eigenvalue weighted by Gasteiger charge is -2.24. The highest BCUT2D eigenvalue weighted by Crippen LogP contribution is 2.25. The Morgan fingerprint density at radius 1 is 1.37 bits per heavy atom. The highest BCUT2D eigenvalue weighted by Gasteiger charge is 2.25. The van der Waals surface area contributed by atoms with Crippen LogP contribution >= 0.6 is 11.8 Å². The predicted molar refractivity (Wildman–Crippen MR) is 83.8 cm³/mol. The minimum atomic E-state index is 0.767. The van der Waals surface area contributed by atoms with Gasteiger partial charge in [0.2, 0.25) is 0 Å². The van der Waals surface area contributed by atoms with Crippen LogP contribution in [0.4, 0.5) is 0 Å². The third-order valence-electron chi connectivity index (χ3n) is 4.19. The van der Waals surface area contributed by atoms with Crippen LogP contribution in [-0.2, 0) is 13.1 Å². The number of thioether (sulfide) groups is 1. The van der Waals surface area contributed by atoms with Crippen LogP contribution in [0.5, 0.6) is 0 Å². The maximum absolute atomic E-state index is 4.70. The van der Waals surface area contributed by atoms with Gasteiger partial charge in [-0.2, -0.15) is 16.9 Å². The molecule has 0 unspecified atom stereocenters. The Morgan fingerprint density at radius 3 is 2.84 bits per heavy atom. The van der Waals surface area contributed by atoms with Crippen molar-refractivity contribution in [3.8, 4) is 0 Å². The van der Waals surface area contributed by atoms with E-state index in [2.05, 4.69) is 36.6 Å². The van der Waals surface area contributed by atoms with E-state index in [0.717, 1.165) is 25.6 Å². The van der Waals surface area contributed by atoms with Crippen molar-refractivity contribution in [1.29, 1.82) is 0 Å². The van der Waals surface area contributed by atoms with Crippen LogP contribution in [-0.4, -0.2) is 39.3 Å². The lowest BCUT2D eigenvalue weighted by Crippen LogP contribution is -2.31. The van der Waals surface area contributed by atoms with Gasteiger partial charge in [0, 0.05) is 36.1 Å². The Morgan fingerprint density at radius 2 is 2.16 bits per heavy atom. The summed E-state index contributed by atoms with van der Waals surface area (Å²) in [4.78, 5) is 2.66. The van der Waals surface area contributed by atoms with Crippen LogP contribution in [0.1, 0.15) is 43.1 Å². The number of nitrogens with zero attached hydrogens (tertiary/aromatic N) is 3. The molecule has 0 aliphatic carbocycles.